The van der Waals surface area contributed by atoms with Crippen LogP contribution in [-0.2, 0) is 4.79 Å². The Bertz CT molecular complexity index is 448. The first-order valence-electron chi connectivity index (χ1n) is 4.50. The molecule has 1 aromatic heterocycles. The molecule has 0 radical (unpaired) electrons. The molecule has 1 aromatic rings. The van der Waals surface area contributed by atoms with Crippen molar-refractivity contribution >= 4 is 27.5 Å². The number of rotatable bonds is 2. The van der Waals surface area contributed by atoms with E-state index in [1.165, 1.54) is 0 Å². The SMILES string of the molecule is N#CC1(C(=O)Nc2ccncc2Br)CC1. The molecule has 0 saturated heterocycles. The van der Waals surface area contributed by atoms with E-state index in [4.69, 9.17) is 5.26 Å². The maximum absolute atomic E-state index is 11.7. The predicted molar refractivity (Wildman–Crippen MR) is 57.8 cm³/mol. The summed E-state index contributed by atoms with van der Waals surface area (Å²) in [7, 11) is 0. The molecule has 1 amide bonds. The van der Waals surface area contributed by atoms with Crippen LogP contribution < -0.4 is 5.32 Å². The zero-order valence-electron chi connectivity index (χ0n) is 7.83. The van der Waals surface area contributed by atoms with Crippen LogP contribution in [0, 0.1) is 16.7 Å². The second kappa shape index (κ2) is 3.63. The van der Waals surface area contributed by atoms with Crippen molar-refractivity contribution in [3.8, 4) is 6.07 Å². The highest BCUT2D eigenvalue weighted by molar-refractivity contribution is 9.10. The molecule has 4 nitrogen and oxygen atoms in total. The summed E-state index contributed by atoms with van der Waals surface area (Å²) in [5, 5.41) is 11.6. The molecular weight excluding hydrogens is 258 g/mol. The molecule has 15 heavy (non-hydrogen) atoms. The largest absolute Gasteiger partial charge is 0.324 e. The third-order valence-electron chi connectivity index (χ3n) is 2.42. The van der Waals surface area contributed by atoms with E-state index in [0.29, 0.717) is 23.0 Å². The standard InChI is InChI=1S/C10H8BrN3O/c11-7-5-13-4-1-8(7)14-9(15)10(6-12)2-3-10/h1,4-5H,2-3H2,(H,13,14,15). The molecule has 1 fully saturated rings. The highest BCUT2D eigenvalue weighted by atomic mass is 79.9. The highest BCUT2D eigenvalue weighted by Crippen LogP contribution is 2.45. The van der Waals surface area contributed by atoms with Crippen molar-refractivity contribution in [2.24, 2.45) is 5.41 Å². The van der Waals surface area contributed by atoms with Gasteiger partial charge in [0.05, 0.1) is 16.2 Å². The van der Waals surface area contributed by atoms with Crippen molar-refractivity contribution in [1.29, 1.82) is 5.26 Å². The van der Waals surface area contributed by atoms with Gasteiger partial charge in [0.15, 0.2) is 0 Å². The Hall–Kier alpha value is -1.41. The molecule has 1 saturated carbocycles. The van der Waals surface area contributed by atoms with Gasteiger partial charge in [0.1, 0.15) is 5.41 Å². The van der Waals surface area contributed by atoms with Gasteiger partial charge in [-0.2, -0.15) is 5.26 Å². The summed E-state index contributed by atoms with van der Waals surface area (Å²) in [5.41, 5.74) is -0.139. The Labute approximate surface area is 95.4 Å². The van der Waals surface area contributed by atoms with E-state index in [9.17, 15) is 4.79 Å². The second-order valence-corrected chi connectivity index (χ2v) is 4.36. The summed E-state index contributed by atoms with van der Waals surface area (Å²) in [4.78, 5) is 15.6. The lowest BCUT2D eigenvalue weighted by Crippen LogP contribution is -2.22. The predicted octanol–water partition coefficient (Wildman–Crippen LogP) is 2.09. The molecule has 0 bridgehead atoms. The highest BCUT2D eigenvalue weighted by Gasteiger charge is 2.50. The van der Waals surface area contributed by atoms with Gasteiger partial charge in [0.2, 0.25) is 5.91 Å². The number of nitrogens with zero attached hydrogens (tertiary/aromatic N) is 2. The van der Waals surface area contributed by atoms with E-state index in [2.05, 4.69) is 26.2 Å². The van der Waals surface area contributed by atoms with Crippen molar-refractivity contribution in [3.05, 3.63) is 22.9 Å². The van der Waals surface area contributed by atoms with E-state index in [1.807, 2.05) is 6.07 Å². The van der Waals surface area contributed by atoms with Crippen LogP contribution >= 0.6 is 15.9 Å². The lowest BCUT2D eigenvalue weighted by atomic mass is 10.1. The fourth-order valence-electron chi connectivity index (χ4n) is 1.23. The molecule has 1 aliphatic rings. The molecule has 5 heteroatoms. The Morgan fingerprint density at radius 1 is 1.67 bits per heavy atom. The molecule has 0 spiro atoms. The van der Waals surface area contributed by atoms with Gasteiger partial charge in [0.25, 0.3) is 0 Å². The van der Waals surface area contributed by atoms with Crippen LogP contribution in [-0.4, -0.2) is 10.9 Å². The summed E-state index contributed by atoms with van der Waals surface area (Å²) in [6.45, 7) is 0. The zero-order valence-corrected chi connectivity index (χ0v) is 9.41. The average molecular weight is 266 g/mol. The van der Waals surface area contributed by atoms with Crippen LogP contribution in [0.2, 0.25) is 0 Å². The maximum Gasteiger partial charge on any atom is 0.244 e. The fraction of sp³-hybridized carbons (Fsp3) is 0.300. The van der Waals surface area contributed by atoms with Crippen LogP contribution in [0.25, 0.3) is 0 Å². The number of carbonyl (C=O) groups is 1. The fourth-order valence-corrected chi connectivity index (χ4v) is 1.58. The average Bonchev–Trinajstić information content (AvgIpc) is 3.02. The first kappa shape index (κ1) is 10.1. The van der Waals surface area contributed by atoms with Crippen LogP contribution in [0.4, 0.5) is 5.69 Å². The number of nitriles is 1. The number of pyridine rings is 1. The van der Waals surface area contributed by atoms with E-state index in [-0.39, 0.29) is 5.91 Å². The Balaban J connectivity index is 2.14. The molecule has 1 N–H and O–H groups in total. The zero-order chi connectivity index (χ0) is 10.9. The molecule has 2 rings (SSSR count). The number of nitrogens with one attached hydrogen (secondary N) is 1. The van der Waals surface area contributed by atoms with Crippen LogP contribution in [0.5, 0.6) is 0 Å². The van der Waals surface area contributed by atoms with Crippen LogP contribution in [0.1, 0.15) is 12.8 Å². The van der Waals surface area contributed by atoms with Crippen molar-refractivity contribution in [1.82, 2.24) is 4.98 Å². The smallest absolute Gasteiger partial charge is 0.244 e. The first-order chi connectivity index (χ1) is 7.18. The second-order valence-electron chi connectivity index (χ2n) is 3.50. The molecule has 0 aromatic carbocycles. The molecule has 1 aliphatic carbocycles. The Kier molecular flexibility index (Phi) is 2.45. The Morgan fingerprint density at radius 2 is 2.40 bits per heavy atom. The Morgan fingerprint density at radius 3 is 2.93 bits per heavy atom. The number of hydrogen-bond acceptors (Lipinski definition) is 3. The lowest BCUT2D eigenvalue weighted by molar-refractivity contribution is -0.119. The quantitative estimate of drug-likeness (QED) is 0.891. The topological polar surface area (TPSA) is 65.8 Å². The molecular formula is C10H8BrN3O. The number of carbonyl (C=O) groups excluding carboxylic acids is 1. The summed E-state index contributed by atoms with van der Waals surface area (Å²) < 4.78 is 0.715. The van der Waals surface area contributed by atoms with E-state index in [1.54, 1.807) is 18.5 Å². The molecule has 0 atom stereocenters. The maximum atomic E-state index is 11.7. The summed E-state index contributed by atoms with van der Waals surface area (Å²) in [6.07, 6.45) is 4.49. The number of anilines is 1. The van der Waals surface area contributed by atoms with E-state index >= 15 is 0 Å². The monoisotopic (exact) mass is 265 g/mol. The number of hydrogen-bond donors (Lipinski definition) is 1. The number of aromatic nitrogens is 1. The molecule has 76 valence electrons. The summed E-state index contributed by atoms with van der Waals surface area (Å²) in [5.74, 6) is -0.225. The molecule has 0 aliphatic heterocycles. The van der Waals surface area contributed by atoms with Crippen LogP contribution in [0.15, 0.2) is 22.9 Å². The minimum Gasteiger partial charge on any atom is -0.324 e. The van der Waals surface area contributed by atoms with Crippen LogP contribution in [0.3, 0.4) is 0 Å². The summed E-state index contributed by atoms with van der Waals surface area (Å²) in [6, 6.07) is 3.74. The third kappa shape index (κ3) is 1.85. The van der Waals surface area contributed by atoms with Gasteiger partial charge < -0.3 is 5.32 Å². The number of halogens is 1. The summed E-state index contributed by atoms with van der Waals surface area (Å²) >= 11 is 3.27. The van der Waals surface area contributed by atoms with Gasteiger partial charge in [-0.3, -0.25) is 9.78 Å². The van der Waals surface area contributed by atoms with Crippen molar-refractivity contribution in [2.75, 3.05) is 5.32 Å². The van der Waals surface area contributed by atoms with Gasteiger partial charge >= 0.3 is 0 Å². The third-order valence-corrected chi connectivity index (χ3v) is 3.05. The first-order valence-corrected chi connectivity index (χ1v) is 5.29. The normalized spacial score (nSPS) is 16.5. The van der Waals surface area contributed by atoms with Crippen molar-refractivity contribution < 1.29 is 4.79 Å². The van der Waals surface area contributed by atoms with Gasteiger partial charge in [-0.15, -0.1) is 0 Å². The minimum absolute atomic E-state index is 0.225. The van der Waals surface area contributed by atoms with E-state index in [0.717, 1.165) is 0 Å². The lowest BCUT2D eigenvalue weighted by Gasteiger charge is -2.08. The molecule has 1 heterocycles. The number of amides is 1. The van der Waals surface area contributed by atoms with E-state index < -0.39 is 5.41 Å². The van der Waals surface area contributed by atoms with Crippen molar-refractivity contribution in [3.63, 3.8) is 0 Å². The van der Waals surface area contributed by atoms with Gasteiger partial charge in [-0.1, -0.05) is 0 Å². The van der Waals surface area contributed by atoms with Crippen molar-refractivity contribution in [2.45, 2.75) is 12.8 Å². The van der Waals surface area contributed by atoms with Gasteiger partial charge in [0, 0.05) is 12.4 Å². The minimum atomic E-state index is -0.789. The van der Waals surface area contributed by atoms with Gasteiger partial charge in [-0.25, -0.2) is 0 Å². The van der Waals surface area contributed by atoms with Gasteiger partial charge in [-0.05, 0) is 34.8 Å². The molecule has 0 unspecified atom stereocenters.